The average Bonchev–Trinajstić information content (AvgIpc) is 4.05. The lowest BCUT2D eigenvalue weighted by atomic mass is 9.88. The van der Waals surface area contributed by atoms with Crippen molar-refractivity contribution in [3.8, 4) is 11.6 Å². The molecule has 4 amide bonds. The van der Waals surface area contributed by atoms with E-state index in [2.05, 4.69) is 32.2 Å². The van der Waals surface area contributed by atoms with Crippen molar-refractivity contribution in [2.45, 2.75) is 114 Å². The Hall–Kier alpha value is -4.60. The molecule has 1 aromatic heterocycles. The van der Waals surface area contributed by atoms with Gasteiger partial charge in [0.1, 0.15) is 35.9 Å². The highest BCUT2D eigenvalue weighted by Crippen LogP contribution is 2.46. The zero-order chi connectivity index (χ0) is 40.2. The molecule has 3 N–H and O–H groups in total. The van der Waals surface area contributed by atoms with Crippen LogP contribution in [0, 0.1) is 17.8 Å². The molecule has 16 heteroatoms. The van der Waals surface area contributed by atoms with Gasteiger partial charge in [0, 0.05) is 40.6 Å². The van der Waals surface area contributed by atoms with Gasteiger partial charge in [-0.2, -0.15) is 0 Å². The van der Waals surface area contributed by atoms with E-state index in [1.54, 1.807) is 27.0 Å². The van der Waals surface area contributed by atoms with Crippen LogP contribution in [0.5, 0.6) is 11.6 Å². The number of aromatic nitrogens is 1. The molecule has 1 aromatic carbocycles. The van der Waals surface area contributed by atoms with Gasteiger partial charge in [0.15, 0.2) is 5.75 Å². The van der Waals surface area contributed by atoms with Gasteiger partial charge < -0.3 is 34.6 Å². The number of carbonyl (C=O) groups is 4. The highest BCUT2D eigenvalue weighted by atomic mass is 32.2. The first kappa shape index (κ1) is 39.6. The summed E-state index contributed by atoms with van der Waals surface area (Å²) in [6.07, 6.45) is 7.24. The molecule has 310 valence electrons. The van der Waals surface area contributed by atoms with E-state index >= 15 is 0 Å². The standard InChI is InChI=1S/C40H54N6O9S.3H2/c1-23-9-7-8-10-25-21-40(25,37(49)44-56(51,52)27-11-12-27)43-34(47)31-20-26(22-46(31)36(48)32(24(2)19-23)42-38(50)55-39(3,4)5)54-35-29-13-14-30-33(28(29)15-16-41-35)53-18-17-45(30)6;;;/h8,10,13-16,23-27,31-32H,7,9,11-12,17-22H2,1-6H3,(H,42,50)(H,43,47)(H,44,49);3*1H/b10-8-;;;/t23-,24-,25-,26-,31+,32+,40-;;;/m1.../s1. The van der Waals surface area contributed by atoms with Crippen molar-refractivity contribution in [2.24, 2.45) is 17.8 Å². The quantitative estimate of drug-likeness (QED) is 0.349. The second kappa shape index (κ2) is 15.1. The first-order valence-electron chi connectivity index (χ1n) is 19.7. The van der Waals surface area contributed by atoms with Gasteiger partial charge in [0.25, 0.3) is 5.91 Å². The summed E-state index contributed by atoms with van der Waals surface area (Å²) in [6, 6.07) is 3.55. The number of likely N-dealkylation sites (N-methyl/N-ethyl adjacent to an activating group) is 1. The Morgan fingerprint density at radius 2 is 1.86 bits per heavy atom. The summed E-state index contributed by atoms with van der Waals surface area (Å²) in [5.74, 6) is -1.50. The number of amides is 4. The molecular weight excluding hydrogens is 741 g/mol. The average molecular weight is 801 g/mol. The Balaban J connectivity index is 0.00000256. The summed E-state index contributed by atoms with van der Waals surface area (Å²) < 4.78 is 46.2. The van der Waals surface area contributed by atoms with Crippen molar-refractivity contribution in [3.63, 3.8) is 0 Å². The lowest BCUT2D eigenvalue weighted by molar-refractivity contribution is -0.142. The van der Waals surface area contributed by atoms with E-state index < -0.39 is 74.3 Å². The molecule has 2 saturated carbocycles. The number of pyridine rings is 1. The number of alkyl carbamates (subject to hydrolysis) is 1. The highest BCUT2D eigenvalue weighted by molar-refractivity contribution is 7.91. The number of anilines is 1. The first-order chi connectivity index (χ1) is 26.5. The van der Waals surface area contributed by atoms with Crippen LogP contribution in [0.4, 0.5) is 10.5 Å². The van der Waals surface area contributed by atoms with Crippen molar-refractivity contribution < 1.29 is 46.1 Å². The topological polar surface area (TPSA) is 186 Å². The Morgan fingerprint density at radius 1 is 1.09 bits per heavy atom. The third kappa shape index (κ3) is 8.25. The summed E-state index contributed by atoms with van der Waals surface area (Å²) in [6.45, 7) is 10.4. The van der Waals surface area contributed by atoms with Crippen LogP contribution in [-0.2, 0) is 29.1 Å². The molecule has 3 aliphatic heterocycles. The maximum atomic E-state index is 14.8. The summed E-state index contributed by atoms with van der Waals surface area (Å²) in [7, 11) is -1.90. The van der Waals surface area contributed by atoms with Crippen molar-refractivity contribution >= 4 is 50.3 Å². The molecule has 15 nitrogen and oxygen atoms in total. The Bertz CT molecular complexity index is 2050. The zero-order valence-corrected chi connectivity index (χ0v) is 33.8. The molecule has 1 saturated heterocycles. The van der Waals surface area contributed by atoms with Crippen LogP contribution < -0.4 is 29.7 Å². The molecule has 0 bridgehead atoms. The van der Waals surface area contributed by atoms with Gasteiger partial charge in [-0.15, -0.1) is 0 Å². The third-order valence-corrected chi connectivity index (χ3v) is 13.3. The number of allylic oxidation sites excluding steroid dienone is 1. The van der Waals surface area contributed by atoms with E-state index in [1.807, 2.05) is 44.3 Å². The molecule has 5 aliphatic rings. The molecule has 0 spiro atoms. The SMILES string of the molecule is C[C@@H]1CC/C=C\[C@@H]2C[C@@]2(C(=O)NS(=O)(=O)C2CC2)NC(=O)[C@@H]2C[C@@H](Oc3nccc4c5c(ccc34)N(C)CCO5)CN2C(=O)[C@@H](NC(=O)OC(C)(C)C)[C@H](C)C1.[HH].[HH].[HH]. The number of nitrogens with zero attached hydrogens (tertiary/aromatic N) is 3. The third-order valence-electron chi connectivity index (χ3n) is 11.5. The van der Waals surface area contributed by atoms with Crippen molar-refractivity contribution in [1.29, 1.82) is 0 Å². The number of nitrogens with one attached hydrogen (secondary N) is 3. The lowest BCUT2D eigenvalue weighted by Crippen LogP contribution is -2.59. The monoisotopic (exact) mass is 800 g/mol. The van der Waals surface area contributed by atoms with Crippen molar-refractivity contribution in [2.75, 3.05) is 31.6 Å². The summed E-state index contributed by atoms with van der Waals surface area (Å²) in [4.78, 5) is 64.5. The van der Waals surface area contributed by atoms with Gasteiger partial charge in [-0.1, -0.05) is 26.0 Å². The number of ether oxygens (including phenoxy) is 3. The molecule has 2 aliphatic carbocycles. The van der Waals surface area contributed by atoms with Crippen LogP contribution in [0.15, 0.2) is 36.5 Å². The molecule has 0 radical (unpaired) electrons. The largest absolute Gasteiger partial charge is 0.489 e. The van der Waals surface area contributed by atoms with E-state index in [-0.39, 0.29) is 35.5 Å². The fourth-order valence-electron chi connectivity index (χ4n) is 8.23. The number of sulfonamides is 1. The maximum absolute atomic E-state index is 14.8. The van der Waals surface area contributed by atoms with Crippen molar-refractivity contribution in [1.82, 2.24) is 25.2 Å². The lowest BCUT2D eigenvalue weighted by Gasteiger charge is -2.33. The Labute approximate surface area is 332 Å². The van der Waals surface area contributed by atoms with Crippen molar-refractivity contribution in [3.05, 3.63) is 36.5 Å². The van der Waals surface area contributed by atoms with Gasteiger partial charge in [-0.3, -0.25) is 19.1 Å². The van der Waals surface area contributed by atoms with Crippen LogP contribution in [0.1, 0.15) is 83.8 Å². The second-order valence-corrected chi connectivity index (χ2v) is 19.2. The number of fused-ring (bicyclic) bond motifs is 5. The van der Waals surface area contributed by atoms with Gasteiger partial charge in [-0.05, 0) is 89.3 Å². The number of hydrogen-bond acceptors (Lipinski definition) is 11. The zero-order valence-electron chi connectivity index (χ0n) is 33.0. The molecular formula is C40H60N6O9S. The Kier molecular flexibility index (Phi) is 10.7. The van der Waals surface area contributed by atoms with E-state index in [1.165, 1.54) is 4.90 Å². The number of hydrogen-bond donors (Lipinski definition) is 3. The van der Waals surface area contributed by atoms with Crippen LogP contribution in [0.2, 0.25) is 0 Å². The predicted molar refractivity (Wildman–Crippen MR) is 215 cm³/mol. The van der Waals surface area contributed by atoms with E-state index in [9.17, 15) is 27.6 Å². The number of carbonyl (C=O) groups excluding carboxylic acids is 4. The Morgan fingerprint density at radius 3 is 2.59 bits per heavy atom. The highest BCUT2D eigenvalue weighted by Gasteiger charge is 2.62. The van der Waals surface area contributed by atoms with E-state index in [0.29, 0.717) is 43.6 Å². The van der Waals surface area contributed by atoms with Gasteiger partial charge in [-0.25, -0.2) is 18.2 Å². The number of rotatable bonds is 6. The van der Waals surface area contributed by atoms with E-state index in [4.69, 9.17) is 14.2 Å². The molecule has 4 heterocycles. The second-order valence-electron chi connectivity index (χ2n) is 17.3. The predicted octanol–water partition coefficient (Wildman–Crippen LogP) is 4.54. The van der Waals surface area contributed by atoms with Gasteiger partial charge in [0.05, 0.1) is 24.0 Å². The number of benzene rings is 1. The first-order valence-corrected chi connectivity index (χ1v) is 21.3. The minimum Gasteiger partial charge on any atom is -0.489 e. The molecule has 56 heavy (non-hydrogen) atoms. The fourth-order valence-corrected chi connectivity index (χ4v) is 9.59. The van der Waals surface area contributed by atoms with E-state index in [0.717, 1.165) is 29.8 Å². The summed E-state index contributed by atoms with van der Waals surface area (Å²) >= 11 is 0. The smallest absolute Gasteiger partial charge is 0.408 e. The van der Waals surface area contributed by atoms with Crippen LogP contribution in [0.25, 0.3) is 10.8 Å². The molecule has 2 aromatic rings. The minimum atomic E-state index is -3.90. The molecule has 0 unspecified atom stereocenters. The maximum Gasteiger partial charge on any atom is 0.408 e. The molecule has 7 rings (SSSR count). The molecule has 3 fully saturated rings. The normalized spacial score (nSPS) is 30.3. The minimum absolute atomic E-state index is 0. The fraction of sp³-hybridized carbons (Fsp3) is 0.625. The van der Waals surface area contributed by atoms with Gasteiger partial charge >= 0.3 is 6.09 Å². The summed E-state index contributed by atoms with van der Waals surface area (Å²) in [5, 5.41) is 6.61. The summed E-state index contributed by atoms with van der Waals surface area (Å²) in [5.41, 5.74) is -1.39. The van der Waals surface area contributed by atoms with Crippen LogP contribution in [0.3, 0.4) is 0 Å². The van der Waals surface area contributed by atoms with Gasteiger partial charge in [0.2, 0.25) is 27.7 Å². The molecule has 7 atom stereocenters. The van der Waals surface area contributed by atoms with Crippen LogP contribution >= 0.6 is 0 Å². The van der Waals surface area contributed by atoms with Crippen LogP contribution in [-0.4, -0.2) is 103 Å².